The third kappa shape index (κ3) is 3.03. The second kappa shape index (κ2) is 4.90. The number of benzene rings is 1. The molecule has 4 nitrogen and oxygen atoms in total. The maximum Gasteiger partial charge on any atom is 0.336 e. The Bertz CT molecular complexity index is 675. The molecule has 0 aliphatic heterocycles. The number of rotatable bonds is 3. The van der Waals surface area contributed by atoms with Crippen molar-refractivity contribution >= 4 is 17.0 Å². The van der Waals surface area contributed by atoms with Crippen molar-refractivity contribution in [2.24, 2.45) is 0 Å². The Labute approximate surface area is 110 Å². The van der Waals surface area contributed by atoms with Gasteiger partial charge in [-0.05, 0) is 38.1 Å². The van der Waals surface area contributed by atoms with Crippen LogP contribution in [0.15, 0.2) is 39.6 Å². The average molecular weight is 260 g/mol. The molecule has 2 aromatic rings. The van der Waals surface area contributed by atoms with Crippen LogP contribution in [0, 0.1) is 0 Å². The molecule has 100 valence electrons. The number of methoxy groups -OCH3 is 1. The van der Waals surface area contributed by atoms with Crippen molar-refractivity contribution in [3.8, 4) is 5.75 Å². The van der Waals surface area contributed by atoms with E-state index in [4.69, 9.17) is 9.15 Å². The Morgan fingerprint density at radius 1 is 1.26 bits per heavy atom. The molecule has 19 heavy (non-hydrogen) atoms. The highest BCUT2D eigenvalue weighted by atomic mass is 16.5. The molecule has 0 amide bonds. The summed E-state index contributed by atoms with van der Waals surface area (Å²) in [6.45, 7) is 3.33. The Hall–Kier alpha value is -2.07. The van der Waals surface area contributed by atoms with E-state index in [0.29, 0.717) is 16.9 Å². The van der Waals surface area contributed by atoms with Crippen LogP contribution in [0.3, 0.4) is 0 Å². The predicted octanol–water partition coefficient (Wildman–Crippen LogP) is 2.59. The van der Waals surface area contributed by atoms with Crippen LogP contribution in [-0.2, 0) is 0 Å². The SMILES string of the molecule is COc1ccc2ccc(=O)oc2c1C=CC(C)(C)O. The third-order valence-electron chi connectivity index (χ3n) is 2.67. The first-order valence-corrected chi connectivity index (χ1v) is 5.93. The van der Waals surface area contributed by atoms with Crippen LogP contribution in [-0.4, -0.2) is 17.8 Å². The molecule has 0 saturated heterocycles. The molecule has 0 aliphatic rings. The van der Waals surface area contributed by atoms with Crippen molar-refractivity contribution in [3.05, 3.63) is 46.3 Å². The van der Waals surface area contributed by atoms with Gasteiger partial charge in [0.15, 0.2) is 0 Å². The molecular weight excluding hydrogens is 244 g/mol. The van der Waals surface area contributed by atoms with Crippen LogP contribution < -0.4 is 10.4 Å². The Kier molecular flexibility index (Phi) is 3.44. The molecule has 1 aromatic heterocycles. The van der Waals surface area contributed by atoms with E-state index in [0.717, 1.165) is 5.39 Å². The van der Waals surface area contributed by atoms with Gasteiger partial charge < -0.3 is 14.3 Å². The molecule has 0 saturated carbocycles. The van der Waals surface area contributed by atoms with Crippen LogP contribution in [0.5, 0.6) is 5.75 Å². The minimum absolute atomic E-state index is 0.418. The van der Waals surface area contributed by atoms with E-state index >= 15 is 0 Å². The smallest absolute Gasteiger partial charge is 0.336 e. The summed E-state index contributed by atoms with van der Waals surface area (Å²) in [6, 6.07) is 6.69. The summed E-state index contributed by atoms with van der Waals surface area (Å²) in [5.41, 5.74) is -0.284. The summed E-state index contributed by atoms with van der Waals surface area (Å²) in [5.74, 6) is 0.586. The standard InChI is InChI=1S/C15H16O4/c1-15(2,17)9-8-11-12(18-3)6-4-10-5-7-13(16)19-14(10)11/h4-9,17H,1-3H3. The fourth-order valence-corrected chi connectivity index (χ4v) is 1.76. The van der Waals surface area contributed by atoms with Crippen LogP contribution >= 0.6 is 0 Å². The van der Waals surface area contributed by atoms with Crippen molar-refractivity contribution in [2.45, 2.75) is 19.4 Å². The lowest BCUT2D eigenvalue weighted by Gasteiger charge is -2.12. The van der Waals surface area contributed by atoms with Gasteiger partial charge in [-0.2, -0.15) is 0 Å². The van der Waals surface area contributed by atoms with Gasteiger partial charge in [-0.15, -0.1) is 0 Å². The summed E-state index contributed by atoms with van der Waals surface area (Å²) in [7, 11) is 1.55. The van der Waals surface area contributed by atoms with Gasteiger partial charge in [0.25, 0.3) is 0 Å². The van der Waals surface area contributed by atoms with Crippen LogP contribution in [0.4, 0.5) is 0 Å². The molecule has 0 aliphatic carbocycles. The monoisotopic (exact) mass is 260 g/mol. The molecule has 0 unspecified atom stereocenters. The lowest BCUT2D eigenvalue weighted by Crippen LogP contribution is -2.13. The molecule has 4 heteroatoms. The summed E-state index contributed by atoms with van der Waals surface area (Å²) in [5, 5.41) is 10.6. The molecule has 0 atom stereocenters. The summed E-state index contributed by atoms with van der Waals surface area (Å²) < 4.78 is 10.5. The zero-order chi connectivity index (χ0) is 14.0. The molecule has 0 spiro atoms. The quantitative estimate of drug-likeness (QED) is 0.862. The maximum atomic E-state index is 11.4. The molecular formula is C15H16O4. The Balaban J connectivity index is 2.70. The van der Waals surface area contributed by atoms with Crippen LogP contribution in [0.1, 0.15) is 19.4 Å². The predicted molar refractivity (Wildman–Crippen MR) is 74.4 cm³/mol. The van der Waals surface area contributed by atoms with Gasteiger partial charge in [-0.25, -0.2) is 4.79 Å². The van der Waals surface area contributed by atoms with Crippen molar-refractivity contribution in [2.75, 3.05) is 7.11 Å². The van der Waals surface area contributed by atoms with Gasteiger partial charge in [0.05, 0.1) is 18.3 Å². The minimum Gasteiger partial charge on any atom is -0.496 e. The largest absolute Gasteiger partial charge is 0.496 e. The van der Waals surface area contributed by atoms with Crippen LogP contribution in [0.2, 0.25) is 0 Å². The number of ether oxygens (including phenoxy) is 1. The van der Waals surface area contributed by atoms with Crippen molar-refractivity contribution in [1.82, 2.24) is 0 Å². The van der Waals surface area contributed by atoms with E-state index in [9.17, 15) is 9.90 Å². The normalized spacial score (nSPS) is 12.2. The molecule has 0 bridgehead atoms. The van der Waals surface area contributed by atoms with Crippen molar-refractivity contribution < 1.29 is 14.3 Å². The highest BCUT2D eigenvalue weighted by molar-refractivity contribution is 5.88. The first-order valence-electron chi connectivity index (χ1n) is 5.93. The van der Waals surface area contributed by atoms with Crippen molar-refractivity contribution in [1.29, 1.82) is 0 Å². The molecule has 0 fully saturated rings. The number of fused-ring (bicyclic) bond motifs is 1. The van der Waals surface area contributed by atoms with Gasteiger partial charge in [0, 0.05) is 11.5 Å². The number of aliphatic hydroxyl groups is 1. The van der Waals surface area contributed by atoms with Gasteiger partial charge in [-0.3, -0.25) is 0 Å². The van der Waals surface area contributed by atoms with Gasteiger partial charge in [0.2, 0.25) is 0 Å². The summed E-state index contributed by atoms with van der Waals surface area (Å²) >= 11 is 0. The maximum absolute atomic E-state index is 11.4. The highest BCUT2D eigenvalue weighted by Gasteiger charge is 2.11. The van der Waals surface area contributed by atoms with E-state index < -0.39 is 11.2 Å². The Morgan fingerprint density at radius 3 is 2.58 bits per heavy atom. The highest BCUT2D eigenvalue weighted by Crippen LogP contribution is 2.29. The molecule has 1 N–H and O–H groups in total. The van der Waals surface area contributed by atoms with E-state index in [-0.39, 0.29) is 0 Å². The van der Waals surface area contributed by atoms with Gasteiger partial charge >= 0.3 is 5.63 Å². The topological polar surface area (TPSA) is 59.7 Å². The summed E-state index contributed by atoms with van der Waals surface area (Å²) in [6.07, 6.45) is 3.32. The average Bonchev–Trinajstić information content (AvgIpc) is 2.34. The third-order valence-corrected chi connectivity index (χ3v) is 2.67. The van der Waals surface area contributed by atoms with Crippen LogP contribution in [0.25, 0.3) is 17.0 Å². The van der Waals surface area contributed by atoms with Gasteiger partial charge in [-0.1, -0.05) is 6.08 Å². The van der Waals surface area contributed by atoms with Crippen molar-refractivity contribution in [3.63, 3.8) is 0 Å². The molecule has 0 radical (unpaired) electrons. The minimum atomic E-state index is -0.956. The summed E-state index contributed by atoms with van der Waals surface area (Å²) in [4.78, 5) is 11.4. The zero-order valence-corrected chi connectivity index (χ0v) is 11.1. The fourth-order valence-electron chi connectivity index (χ4n) is 1.76. The number of hydrogen-bond donors (Lipinski definition) is 1. The molecule has 1 aromatic carbocycles. The molecule has 2 rings (SSSR count). The Morgan fingerprint density at radius 2 is 1.95 bits per heavy atom. The second-order valence-corrected chi connectivity index (χ2v) is 4.84. The van der Waals surface area contributed by atoms with Gasteiger partial charge in [0.1, 0.15) is 11.3 Å². The second-order valence-electron chi connectivity index (χ2n) is 4.84. The van der Waals surface area contributed by atoms with E-state index in [2.05, 4.69) is 0 Å². The van der Waals surface area contributed by atoms with E-state index in [1.54, 1.807) is 45.2 Å². The lowest BCUT2D eigenvalue weighted by atomic mass is 10.0. The molecule has 1 heterocycles. The fraction of sp³-hybridized carbons (Fsp3) is 0.267. The number of hydrogen-bond acceptors (Lipinski definition) is 4. The lowest BCUT2D eigenvalue weighted by molar-refractivity contribution is 0.134. The first-order chi connectivity index (χ1) is 8.90. The first kappa shape index (κ1) is 13.4. The zero-order valence-electron chi connectivity index (χ0n) is 11.1. The van der Waals surface area contributed by atoms with E-state index in [1.165, 1.54) is 6.07 Å². The van der Waals surface area contributed by atoms with E-state index in [1.807, 2.05) is 6.07 Å².